The van der Waals surface area contributed by atoms with Gasteiger partial charge in [-0.25, -0.2) is 0 Å². The van der Waals surface area contributed by atoms with Crippen LogP contribution in [0.3, 0.4) is 0 Å². The molecule has 1 aromatic carbocycles. The second-order valence-electron chi connectivity index (χ2n) is 5.70. The van der Waals surface area contributed by atoms with Crippen molar-refractivity contribution in [2.24, 2.45) is 11.1 Å². The number of thiocarbonyl (C=S) groups is 1. The summed E-state index contributed by atoms with van der Waals surface area (Å²) in [4.78, 5) is 12.1. The molecule has 5 heteroatoms. The number of carbonyl (C=O) groups excluding carboxylic acids is 1. The molecule has 0 heterocycles. The summed E-state index contributed by atoms with van der Waals surface area (Å²) in [5.41, 5.74) is 6.68. The second-order valence-corrected chi connectivity index (χ2v) is 6.14. The summed E-state index contributed by atoms with van der Waals surface area (Å²) < 4.78 is 5.45. The van der Waals surface area contributed by atoms with E-state index in [2.05, 4.69) is 12.2 Å². The Morgan fingerprint density at radius 3 is 2.57 bits per heavy atom. The van der Waals surface area contributed by atoms with Crippen molar-refractivity contribution in [1.29, 1.82) is 0 Å². The van der Waals surface area contributed by atoms with E-state index in [1.165, 1.54) is 25.7 Å². The topological polar surface area (TPSA) is 64.3 Å². The summed E-state index contributed by atoms with van der Waals surface area (Å²) in [6, 6.07) is 7.11. The van der Waals surface area contributed by atoms with Crippen molar-refractivity contribution in [1.82, 2.24) is 5.32 Å². The molecule has 0 bridgehead atoms. The first-order valence-electron chi connectivity index (χ1n) is 7.34. The SMILES string of the molecule is CCCC1(CNC(=O)COc2ccc(C(N)=S)cc2)CC1. The Morgan fingerprint density at radius 2 is 2.05 bits per heavy atom. The average molecular weight is 306 g/mol. The average Bonchev–Trinajstić information content (AvgIpc) is 3.24. The lowest BCUT2D eigenvalue weighted by Gasteiger charge is -2.15. The first kappa shape index (κ1) is 15.8. The Hall–Kier alpha value is -1.62. The molecule has 1 amide bonds. The van der Waals surface area contributed by atoms with Crippen molar-refractivity contribution in [2.75, 3.05) is 13.2 Å². The van der Waals surface area contributed by atoms with E-state index in [9.17, 15) is 4.79 Å². The van der Waals surface area contributed by atoms with Crippen LogP contribution in [-0.2, 0) is 4.79 Å². The lowest BCUT2D eigenvalue weighted by atomic mass is 10.0. The van der Waals surface area contributed by atoms with Crippen molar-refractivity contribution in [3.8, 4) is 5.75 Å². The molecule has 1 aliphatic carbocycles. The van der Waals surface area contributed by atoms with E-state index in [1.54, 1.807) is 24.3 Å². The predicted octanol–water partition coefficient (Wildman–Crippen LogP) is 2.40. The molecule has 0 radical (unpaired) electrons. The highest BCUT2D eigenvalue weighted by molar-refractivity contribution is 7.80. The molecule has 114 valence electrons. The molecule has 1 saturated carbocycles. The number of hydrogen-bond acceptors (Lipinski definition) is 3. The van der Waals surface area contributed by atoms with Crippen LogP contribution in [0.5, 0.6) is 5.75 Å². The number of carbonyl (C=O) groups is 1. The highest BCUT2D eigenvalue weighted by Crippen LogP contribution is 2.48. The molecule has 0 saturated heterocycles. The van der Waals surface area contributed by atoms with Crippen LogP contribution in [0.1, 0.15) is 38.2 Å². The van der Waals surface area contributed by atoms with E-state index < -0.39 is 0 Å². The minimum Gasteiger partial charge on any atom is -0.484 e. The van der Waals surface area contributed by atoms with Crippen LogP contribution >= 0.6 is 12.2 Å². The fourth-order valence-corrected chi connectivity index (χ4v) is 2.56. The van der Waals surface area contributed by atoms with Gasteiger partial charge >= 0.3 is 0 Å². The van der Waals surface area contributed by atoms with Gasteiger partial charge in [-0.15, -0.1) is 0 Å². The zero-order valence-electron chi connectivity index (χ0n) is 12.4. The van der Waals surface area contributed by atoms with Crippen LogP contribution in [0.4, 0.5) is 0 Å². The number of benzene rings is 1. The van der Waals surface area contributed by atoms with Crippen molar-refractivity contribution < 1.29 is 9.53 Å². The maximum absolute atomic E-state index is 11.8. The Morgan fingerprint density at radius 1 is 1.38 bits per heavy atom. The number of ether oxygens (including phenoxy) is 1. The maximum Gasteiger partial charge on any atom is 0.257 e. The summed E-state index contributed by atoms with van der Waals surface area (Å²) in [6.45, 7) is 2.99. The monoisotopic (exact) mass is 306 g/mol. The number of nitrogens with two attached hydrogens (primary N) is 1. The van der Waals surface area contributed by atoms with Gasteiger partial charge < -0.3 is 15.8 Å². The number of nitrogens with one attached hydrogen (secondary N) is 1. The molecule has 0 spiro atoms. The molecule has 4 nitrogen and oxygen atoms in total. The highest BCUT2D eigenvalue weighted by atomic mass is 32.1. The Labute approximate surface area is 131 Å². The van der Waals surface area contributed by atoms with Gasteiger partial charge in [-0.1, -0.05) is 25.6 Å². The van der Waals surface area contributed by atoms with Gasteiger partial charge in [0, 0.05) is 12.1 Å². The zero-order valence-corrected chi connectivity index (χ0v) is 13.2. The van der Waals surface area contributed by atoms with Crippen LogP contribution in [0.15, 0.2) is 24.3 Å². The lowest BCUT2D eigenvalue weighted by Crippen LogP contribution is -2.33. The van der Waals surface area contributed by atoms with Crippen LogP contribution < -0.4 is 15.8 Å². The third-order valence-electron chi connectivity index (χ3n) is 3.91. The van der Waals surface area contributed by atoms with Gasteiger partial charge in [-0.05, 0) is 48.9 Å². The lowest BCUT2D eigenvalue weighted by molar-refractivity contribution is -0.123. The van der Waals surface area contributed by atoms with Gasteiger partial charge in [0.1, 0.15) is 10.7 Å². The maximum atomic E-state index is 11.8. The number of hydrogen-bond donors (Lipinski definition) is 2. The molecule has 0 aliphatic heterocycles. The molecule has 3 N–H and O–H groups in total. The van der Waals surface area contributed by atoms with Crippen LogP contribution in [0.2, 0.25) is 0 Å². The molecule has 1 aliphatic rings. The Balaban J connectivity index is 1.72. The second kappa shape index (κ2) is 6.89. The summed E-state index contributed by atoms with van der Waals surface area (Å²) in [6.07, 6.45) is 4.81. The standard InChI is InChI=1S/C16H22N2O2S/c1-2-7-16(8-9-16)11-18-14(19)10-20-13-5-3-12(4-6-13)15(17)21/h3-6H,2,7-11H2,1H3,(H2,17,21)(H,18,19). The van der Waals surface area contributed by atoms with Crippen molar-refractivity contribution in [3.63, 3.8) is 0 Å². The first-order chi connectivity index (χ1) is 10.0. The summed E-state index contributed by atoms with van der Waals surface area (Å²) in [5.74, 6) is 0.565. The van der Waals surface area contributed by atoms with Crippen LogP contribution in [0, 0.1) is 5.41 Å². The minimum atomic E-state index is -0.0733. The Bertz CT molecular complexity index is 510. The first-order valence-corrected chi connectivity index (χ1v) is 7.75. The van der Waals surface area contributed by atoms with Gasteiger partial charge in [0.15, 0.2) is 6.61 Å². The van der Waals surface area contributed by atoms with E-state index in [-0.39, 0.29) is 12.5 Å². The largest absolute Gasteiger partial charge is 0.484 e. The predicted molar refractivity (Wildman–Crippen MR) is 87.4 cm³/mol. The Kier molecular flexibility index (Phi) is 5.17. The van der Waals surface area contributed by atoms with E-state index in [0.717, 1.165) is 12.1 Å². The van der Waals surface area contributed by atoms with Gasteiger partial charge in [0.2, 0.25) is 0 Å². The molecule has 0 unspecified atom stereocenters. The smallest absolute Gasteiger partial charge is 0.257 e. The third-order valence-corrected chi connectivity index (χ3v) is 4.14. The summed E-state index contributed by atoms with van der Waals surface area (Å²) in [7, 11) is 0. The normalized spacial score (nSPS) is 15.3. The molecule has 0 atom stereocenters. The molecule has 1 aromatic rings. The van der Waals surface area contributed by atoms with E-state index in [1.807, 2.05) is 0 Å². The van der Waals surface area contributed by atoms with Crippen LogP contribution in [-0.4, -0.2) is 24.0 Å². The van der Waals surface area contributed by atoms with Crippen LogP contribution in [0.25, 0.3) is 0 Å². The van der Waals surface area contributed by atoms with Gasteiger partial charge in [0.05, 0.1) is 0 Å². The molecule has 2 rings (SSSR count). The van der Waals surface area contributed by atoms with E-state index in [0.29, 0.717) is 16.2 Å². The van der Waals surface area contributed by atoms with Crippen molar-refractivity contribution in [2.45, 2.75) is 32.6 Å². The van der Waals surface area contributed by atoms with E-state index >= 15 is 0 Å². The quantitative estimate of drug-likeness (QED) is 0.724. The fraction of sp³-hybridized carbons (Fsp3) is 0.500. The van der Waals surface area contributed by atoms with Crippen molar-refractivity contribution >= 4 is 23.1 Å². The molecule has 1 fully saturated rings. The third kappa shape index (κ3) is 4.70. The van der Waals surface area contributed by atoms with Gasteiger partial charge in [-0.3, -0.25) is 4.79 Å². The van der Waals surface area contributed by atoms with Crippen molar-refractivity contribution in [3.05, 3.63) is 29.8 Å². The number of rotatable bonds is 8. The summed E-state index contributed by atoms with van der Waals surface area (Å²) in [5, 5.41) is 2.97. The summed E-state index contributed by atoms with van der Waals surface area (Å²) >= 11 is 4.88. The molecular formula is C16H22N2O2S. The molecule has 0 aromatic heterocycles. The fourth-order valence-electron chi connectivity index (χ4n) is 2.42. The van der Waals surface area contributed by atoms with E-state index in [4.69, 9.17) is 22.7 Å². The van der Waals surface area contributed by atoms with Gasteiger partial charge in [0.25, 0.3) is 5.91 Å². The highest BCUT2D eigenvalue weighted by Gasteiger charge is 2.41. The molecule has 21 heavy (non-hydrogen) atoms. The minimum absolute atomic E-state index is 0.0363. The van der Waals surface area contributed by atoms with Gasteiger partial charge in [-0.2, -0.15) is 0 Å². The molecular weight excluding hydrogens is 284 g/mol. The zero-order chi connectivity index (χ0) is 15.3. The number of amides is 1.